The predicted molar refractivity (Wildman–Crippen MR) is 75.2 cm³/mol. The van der Waals surface area contributed by atoms with E-state index in [1.165, 1.54) is 0 Å². The summed E-state index contributed by atoms with van der Waals surface area (Å²) < 4.78 is 4.96. The normalized spacial score (nSPS) is 15.3. The molecule has 5 N–H and O–H groups in total. The molecule has 0 spiro atoms. The first-order valence-corrected chi connectivity index (χ1v) is 6.56. The van der Waals surface area contributed by atoms with Gasteiger partial charge in [-0.15, -0.1) is 0 Å². The number of amides is 1. The summed E-state index contributed by atoms with van der Waals surface area (Å²) in [6, 6.07) is 9.39. The van der Waals surface area contributed by atoms with Gasteiger partial charge in [0, 0.05) is 19.5 Å². The molecule has 0 aliphatic heterocycles. The van der Waals surface area contributed by atoms with E-state index >= 15 is 0 Å². The zero-order chi connectivity index (χ0) is 15.0. The van der Waals surface area contributed by atoms with Crippen molar-refractivity contribution in [2.45, 2.75) is 31.7 Å². The van der Waals surface area contributed by atoms with E-state index in [0.29, 0.717) is 13.0 Å². The highest BCUT2D eigenvalue weighted by Crippen LogP contribution is 2.09. The van der Waals surface area contributed by atoms with Gasteiger partial charge in [0.15, 0.2) is 0 Å². The molecule has 0 saturated carbocycles. The van der Waals surface area contributed by atoms with Crippen molar-refractivity contribution in [3.8, 4) is 0 Å². The van der Waals surface area contributed by atoms with Gasteiger partial charge in [-0.3, -0.25) is 0 Å². The molecule has 1 amide bonds. The Bertz CT molecular complexity index is 397. The summed E-state index contributed by atoms with van der Waals surface area (Å²) in [5.41, 5.74) is 5.97. The average molecular weight is 282 g/mol. The number of hydrogen-bond donors (Lipinski definition) is 4. The average Bonchev–Trinajstić information content (AvgIpc) is 2.38. The fourth-order valence-corrected chi connectivity index (χ4v) is 1.82. The summed E-state index contributed by atoms with van der Waals surface area (Å²) >= 11 is 0. The summed E-state index contributed by atoms with van der Waals surface area (Å²) in [5, 5.41) is 22.1. The van der Waals surface area contributed by atoms with Gasteiger partial charge in [-0.25, -0.2) is 4.79 Å². The standard InChI is InChI=1S/C14H22N2O4/c1-10(17)8-16-9-12(18)13(20-14(15)19)7-11-5-3-2-4-6-11/h2-6,10,12-13,16-18H,7-9H2,1H3,(H2,15,19)/t10?,12-,13+/m1/s1. The molecular formula is C14H22N2O4. The van der Waals surface area contributed by atoms with E-state index in [-0.39, 0.29) is 6.54 Å². The van der Waals surface area contributed by atoms with Crippen LogP contribution < -0.4 is 11.1 Å². The molecule has 0 fully saturated rings. The second kappa shape index (κ2) is 8.52. The number of nitrogens with two attached hydrogens (primary N) is 1. The smallest absolute Gasteiger partial charge is 0.404 e. The fourth-order valence-electron chi connectivity index (χ4n) is 1.82. The van der Waals surface area contributed by atoms with Crippen molar-refractivity contribution in [1.29, 1.82) is 0 Å². The van der Waals surface area contributed by atoms with Crippen molar-refractivity contribution in [2.24, 2.45) is 5.73 Å². The summed E-state index contributed by atoms with van der Waals surface area (Å²) in [7, 11) is 0. The lowest BCUT2D eigenvalue weighted by Crippen LogP contribution is -2.42. The van der Waals surface area contributed by atoms with Gasteiger partial charge in [0.25, 0.3) is 0 Å². The molecule has 3 atom stereocenters. The van der Waals surface area contributed by atoms with E-state index < -0.39 is 24.4 Å². The maximum Gasteiger partial charge on any atom is 0.404 e. The SMILES string of the molecule is CC(O)CNC[C@@H](O)[C@H](Cc1ccccc1)OC(N)=O. The van der Waals surface area contributed by atoms with Gasteiger partial charge in [-0.05, 0) is 12.5 Å². The quantitative estimate of drug-likeness (QED) is 0.538. The van der Waals surface area contributed by atoms with Gasteiger partial charge < -0.3 is 26.0 Å². The van der Waals surface area contributed by atoms with Crippen LogP contribution in [0.4, 0.5) is 4.79 Å². The molecule has 1 rings (SSSR count). The second-order valence-electron chi connectivity index (χ2n) is 4.74. The molecule has 1 unspecified atom stereocenters. The Morgan fingerprint density at radius 1 is 1.30 bits per heavy atom. The molecule has 112 valence electrons. The first-order valence-electron chi connectivity index (χ1n) is 6.56. The van der Waals surface area contributed by atoms with Crippen LogP contribution in [0.15, 0.2) is 30.3 Å². The summed E-state index contributed by atoms with van der Waals surface area (Å²) in [6.45, 7) is 2.20. The molecule has 0 saturated heterocycles. The molecule has 6 nitrogen and oxygen atoms in total. The van der Waals surface area contributed by atoms with Gasteiger partial charge in [-0.2, -0.15) is 0 Å². The molecule has 0 heterocycles. The zero-order valence-electron chi connectivity index (χ0n) is 11.5. The van der Waals surface area contributed by atoms with Crippen molar-refractivity contribution in [3.63, 3.8) is 0 Å². The largest absolute Gasteiger partial charge is 0.443 e. The second-order valence-corrected chi connectivity index (χ2v) is 4.74. The van der Waals surface area contributed by atoms with Crippen molar-refractivity contribution in [1.82, 2.24) is 5.32 Å². The number of carbonyl (C=O) groups is 1. The van der Waals surface area contributed by atoms with Crippen LogP contribution >= 0.6 is 0 Å². The number of carbonyl (C=O) groups excluding carboxylic acids is 1. The number of aliphatic hydroxyl groups is 2. The number of benzene rings is 1. The van der Waals surface area contributed by atoms with Crippen LogP contribution in [0.2, 0.25) is 0 Å². The number of hydrogen-bond acceptors (Lipinski definition) is 5. The molecule has 1 aromatic carbocycles. The molecular weight excluding hydrogens is 260 g/mol. The minimum atomic E-state index is -0.916. The molecule has 6 heteroatoms. The highest BCUT2D eigenvalue weighted by Gasteiger charge is 2.22. The van der Waals surface area contributed by atoms with Crippen molar-refractivity contribution in [3.05, 3.63) is 35.9 Å². The molecule has 1 aromatic rings. The molecule has 0 aliphatic carbocycles. The number of rotatable bonds is 8. The van der Waals surface area contributed by atoms with Crippen LogP contribution in [0.1, 0.15) is 12.5 Å². The highest BCUT2D eigenvalue weighted by molar-refractivity contribution is 5.64. The number of primary amides is 1. The molecule has 0 aromatic heterocycles. The molecule has 0 radical (unpaired) electrons. The predicted octanol–water partition coefficient (Wildman–Crippen LogP) is 0.0243. The van der Waals surface area contributed by atoms with Gasteiger partial charge in [0.1, 0.15) is 12.2 Å². The third kappa shape index (κ3) is 6.51. The summed E-state index contributed by atoms with van der Waals surface area (Å²) in [6.07, 6.45) is -2.67. The maximum atomic E-state index is 10.9. The first-order chi connectivity index (χ1) is 9.49. The lowest BCUT2D eigenvalue weighted by atomic mass is 10.0. The highest BCUT2D eigenvalue weighted by atomic mass is 16.6. The lowest BCUT2D eigenvalue weighted by molar-refractivity contribution is 0.00632. The molecule has 20 heavy (non-hydrogen) atoms. The Labute approximate surface area is 118 Å². The zero-order valence-corrected chi connectivity index (χ0v) is 11.5. The van der Waals surface area contributed by atoms with Crippen molar-refractivity contribution < 1.29 is 19.7 Å². The first kappa shape index (κ1) is 16.4. The van der Waals surface area contributed by atoms with Gasteiger partial charge >= 0.3 is 6.09 Å². The Morgan fingerprint density at radius 3 is 2.50 bits per heavy atom. The molecule has 0 bridgehead atoms. The van der Waals surface area contributed by atoms with E-state index in [9.17, 15) is 9.90 Å². The van der Waals surface area contributed by atoms with Gasteiger partial charge in [-0.1, -0.05) is 30.3 Å². The number of nitrogens with one attached hydrogen (secondary N) is 1. The molecule has 0 aliphatic rings. The van der Waals surface area contributed by atoms with Crippen molar-refractivity contribution in [2.75, 3.05) is 13.1 Å². The van der Waals surface area contributed by atoms with Crippen LogP contribution in [0.25, 0.3) is 0 Å². The van der Waals surface area contributed by atoms with Crippen LogP contribution in [-0.4, -0.2) is 47.7 Å². The minimum Gasteiger partial charge on any atom is -0.443 e. The van der Waals surface area contributed by atoms with Crippen LogP contribution in [0.5, 0.6) is 0 Å². The fraction of sp³-hybridized carbons (Fsp3) is 0.500. The Kier molecular flexibility index (Phi) is 7.00. The number of aliphatic hydroxyl groups excluding tert-OH is 2. The van der Waals surface area contributed by atoms with E-state index in [0.717, 1.165) is 5.56 Å². The minimum absolute atomic E-state index is 0.204. The van der Waals surface area contributed by atoms with Crippen LogP contribution in [0, 0.1) is 0 Å². The number of ether oxygens (including phenoxy) is 1. The Balaban J connectivity index is 2.56. The summed E-state index contributed by atoms with van der Waals surface area (Å²) in [4.78, 5) is 10.9. The van der Waals surface area contributed by atoms with E-state index in [1.54, 1.807) is 6.92 Å². The lowest BCUT2D eigenvalue weighted by Gasteiger charge is -2.23. The topological polar surface area (TPSA) is 105 Å². The van der Waals surface area contributed by atoms with Crippen LogP contribution in [-0.2, 0) is 11.2 Å². The van der Waals surface area contributed by atoms with E-state index in [1.807, 2.05) is 30.3 Å². The van der Waals surface area contributed by atoms with Gasteiger partial charge in [0.05, 0.1) is 6.10 Å². The van der Waals surface area contributed by atoms with E-state index in [4.69, 9.17) is 15.6 Å². The Morgan fingerprint density at radius 2 is 1.95 bits per heavy atom. The third-order valence-electron chi connectivity index (χ3n) is 2.77. The maximum absolute atomic E-state index is 10.9. The monoisotopic (exact) mass is 282 g/mol. The van der Waals surface area contributed by atoms with Crippen molar-refractivity contribution >= 4 is 6.09 Å². The summed E-state index contributed by atoms with van der Waals surface area (Å²) in [5.74, 6) is 0. The van der Waals surface area contributed by atoms with Gasteiger partial charge in [0.2, 0.25) is 0 Å². The Hall–Kier alpha value is -1.63. The van der Waals surface area contributed by atoms with E-state index in [2.05, 4.69) is 5.32 Å². The van der Waals surface area contributed by atoms with Crippen LogP contribution in [0.3, 0.4) is 0 Å². The third-order valence-corrected chi connectivity index (χ3v) is 2.77.